The average molecular weight is 603 g/mol. The Morgan fingerprint density at radius 1 is 1.00 bits per heavy atom. The highest BCUT2D eigenvalue weighted by atomic mass is 35.5. The molecule has 216 valence electrons. The maximum absolute atomic E-state index is 15.6. The van der Waals surface area contributed by atoms with Crippen LogP contribution in [0.2, 0.25) is 10.0 Å². The number of halogens is 4. The lowest BCUT2D eigenvalue weighted by Gasteiger charge is -2.44. The van der Waals surface area contributed by atoms with E-state index in [0.29, 0.717) is 53.6 Å². The van der Waals surface area contributed by atoms with Gasteiger partial charge in [-0.1, -0.05) is 59.6 Å². The van der Waals surface area contributed by atoms with Gasteiger partial charge in [0.05, 0.1) is 22.6 Å². The van der Waals surface area contributed by atoms with Crippen molar-refractivity contribution in [2.24, 2.45) is 0 Å². The molecule has 0 aliphatic carbocycles. The summed E-state index contributed by atoms with van der Waals surface area (Å²) in [6, 6.07) is 9.33. The number of likely N-dealkylation sites (tertiary alicyclic amines) is 1. The molecule has 7 nitrogen and oxygen atoms in total. The molecule has 2 unspecified atom stereocenters. The smallest absolute Gasteiger partial charge is 0.275 e. The van der Waals surface area contributed by atoms with Crippen LogP contribution in [-0.2, 0) is 22.7 Å². The van der Waals surface area contributed by atoms with Gasteiger partial charge in [0.1, 0.15) is 6.04 Å². The molecule has 11 heteroatoms. The Morgan fingerprint density at radius 2 is 1.80 bits per heavy atom. The summed E-state index contributed by atoms with van der Waals surface area (Å²) < 4.78 is 31.2. The molecule has 3 amide bonds. The third-order valence-electron chi connectivity index (χ3n) is 8.65. The zero-order valence-electron chi connectivity index (χ0n) is 22.3. The van der Waals surface area contributed by atoms with E-state index in [-0.39, 0.29) is 37.7 Å². The highest BCUT2D eigenvalue weighted by Gasteiger charge is 2.48. The van der Waals surface area contributed by atoms with E-state index in [4.69, 9.17) is 23.2 Å². The number of amides is 3. The van der Waals surface area contributed by atoms with Crippen LogP contribution < -0.4 is 5.32 Å². The summed E-state index contributed by atoms with van der Waals surface area (Å²) in [5.74, 6) is -4.03. The normalized spacial score (nSPS) is 25.2. The molecule has 2 aromatic rings. The minimum absolute atomic E-state index is 0.176. The van der Waals surface area contributed by atoms with Gasteiger partial charge in [0.2, 0.25) is 11.8 Å². The summed E-state index contributed by atoms with van der Waals surface area (Å²) >= 11 is 12.5. The maximum Gasteiger partial charge on any atom is 0.275 e. The van der Waals surface area contributed by atoms with E-state index in [2.05, 4.69) is 5.32 Å². The molecular weight excluding hydrogens is 573 g/mol. The van der Waals surface area contributed by atoms with Crippen LogP contribution in [0.3, 0.4) is 0 Å². The lowest BCUT2D eigenvalue weighted by Crippen LogP contribution is -2.58. The summed E-state index contributed by atoms with van der Waals surface area (Å²) in [5.41, 5.74) is 3.80. The molecule has 4 aliphatic rings. The van der Waals surface area contributed by atoms with Crippen LogP contribution in [0.25, 0.3) is 5.57 Å². The van der Waals surface area contributed by atoms with Gasteiger partial charge < -0.3 is 4.90 Å². The van der Waals surface area contributed by atoms with Gasteiger partial charge in [-0.15, -0.1) is 0 Å². The first kappa shape index (κ1) is 28.3. The van der Waals surface area contributed by atoms with E-state index in [9.17, 15) is 14.4 Å². The first-order chi connectivity index (χ1) is 19.6. The van der Waals surface area contributed by atoms with Crippen LogP contribution in [0.15, 0.2) is 42.5 Å². The largest absolute Gasteiger partial charge is 0.322 e. The van der Waals surface area contributed by atoms with Crippen LogP contribution in [0.1, 0.15) is 52.7 Å². The second kappa shape index (κ2) is 11.1. The SMILES string of the molecule is O=C1CCC(N2Cc3cccc(CN4CCC(N5CC=C(c6cccc(Cl)c6Cl)CC5)C(F)(F)C4)c3C2=O)C(=O)N1. The first-order valence-corrected chi connectivity index (χ1v) is 14.6. The van der Waals surface area contributed by atoms with E-state index < -0.39 is 30.5 Å². The number of carbonyl (C=O) groups excluding carboxylic acids is 3. The van der Waals surface area contributed by atoms with Crippen LogP contribution in [0.4, 0.5) is 8.78 Å². The van der Waals surface area contributed by atoms with Crippen LogP contribution in [0.5, 0.6) is 0 Å². The van der Waals surface area contributed by atoms with E-state index in [0.717, 1.165) is 16.7 Å². The van der Waals surface area contributed by atoms with Crippen LogP contribution in [-0.4, -0.2) is 76.6 Å². The predicted octanol–water partition coefficient (Wildman–Crippen LogP) is 4.75. The Hall–Kier alpha value is -2.85. The predicted molar refractivity (Wildman–Crippen MR) is 152 cm³/mol. The molecule has 0 aromatic heterocycles. The number of piperidine rings is 2. The minimum Gasteiger partial charge on any atom is -0.322 e. The molecule has 0 bridgehead atoms. The van der Waals surface area contributed by atoms with Crippen molar-refractivity contribution in [1.82, 2.24) is 20.0 Å². The van der Waals surface area contributed by atoms with Crippen LogP contribution in [0, 0.1) is 0 Å². The number of nitrogens with zero attached hydrogens (tertiary/aromatic N) is 3. The van der Waals surface area contributed by atoms with Crippen molar-refractivity contribution in [2.45, 2.75) is 56.8 Å². The van der Waals surface area contributed by atoms with Crippen molar-refractivity contribution in [3.05, 3.63) is 74.8 Å². The monoisotopic (exact) mass is 602 g/mol. The van der Waals surface area contributed by atoms with E-state index in [1.54, 1.807) is 17.0 Å². The van der Waals surface area contributed by atoms with E-state index in [1.807, 2.05) is 35.2 Å². The molecule has 41 heavy (non-hydrogen) atoms. The molecule has 6 rings (SSSR count). The summed E-state index contributed by atoms with van der Waals surface area (Å²) in [6.07, 6.45) is 3.34. The molecular formula is C30H30Cl2F2N4O3. The molecule has 2 atom stereocenters. The van der Waals surface area contributed by atoms with Crippen molar-refractivity contribution in [1.29, 1.82) is 0 Å². The maximum atomic E-state index is 15.6. The van der Waals surface area contributed by atoms with Crippen molar-refractivity contribution in [2.75, 3.05) is 26.2 Å². The van der Waals surface area contributed by atoms with Gasteiger partial charge in [0, 0.05) is 44.7 Å². The van der Waals surface area contributed by atoms with E-state index >= 15 is 8.78 Å². The van der Waals surface area contributed by atoms with Gasteiger partial charge in [-0.25, -0.2) is 8.78 Å². The fourth-order valence-electron chi connectivity index (χ4n) is 6.61. The number of imide groups is 1. The summed E-state index contributed by atoms with van der Waals surface area (Å²) in [6.45, 7) is 1.47. The Bertz CT molecular complexity index is 1450. The second-order valence-electron chi connectivity index (χ2n) is 11.2. The van der Waals surface area contributed by atoms with Gasteiger partial charge in [-0.2, -0.15) is 0 Å². The number of nitrogens with one attached hydrogen (secondary N) is 1. The fraction of sp³-hybridized carbons (Fsp3) is 0.433. The molecule has 1 N–H and O–H groups in total. The van der Waals surface area contributed by atoms with Crippen molar-refractivity contribution in [3.63, 3.8) is 0 Å². The standard InChI is InChI=1S/C30H30Cl2F2N4O3/c31-22-6-2-5-21(27(22)32)18-9-13-37(14-10-18)24-11-12-36(17-30(24,33)34)15-19-3-1-4-20-16-38(29(41)26(19)20)23-7-8-25(39)35-28(23)40/h1-6,9,23-24H,7-8,10-17H2,(H,35,39,40). The third kappa shape index (κ3) is 5.41. The number of hydrogen-bond acceptors (Lipinski definition) is 5. The quantitative estimate of drug-likeness (QED) is 0.500. The second-order valence-corrected chi connectivity index (χ2v) is 12.0. The van der Waals surface area contributed by atoms with Gasteiger partial charge >= 0.3 is 0 Å². The van der Waals surface area contributed by atoms with Crippen molar-refractivity contribution >= 4 is 46.5 Å². The zero-order valence-corrected chi connectivity index (χ0v) is 23.9. The molecule has 0 saturated carbocycles. The molecule has 2 saturated heterocycles. The number of rotatable bonds is 5. The van der Waals surface area contributed by atoms with Gasteiger partial charge in [-0.3, -0.25) is 29.5 Å². The zero-order chi connectivity index (χ0) is 28.9. The highest BCUT2D eigenvalue weighted by Crippen LogP contribution is 2.38. The summed E-state index contributed by atoms with van der Waals surface area (Å²) in [5, 5.41) is 3.27. The van der Waals surface area contributed by atoms with E-state index in [1.165, 1.54) is 4.90 Å². The molecule has 0 spiro atoms. The number of benzene rings is 2. The van der Waals surface area contributed by atoms with Crippen LogP contribution >= 0.6 is 23.2 Å². The third-order valence-corrected chi connectivity index (χ3v) is 9.47. The van der Waals surface area contributed by atoms with Crippen molar-refractivity contribution < 1.29 is 23.2 Å². The summed E-state index contributed by atoms with van der Waals surface area (Å²) in [4.78, 5) is 42.4. The molecule has 0 radical (unpaired) electrons. The summed E-state index contributed by atoms with van der Waals surface area (Å²) in [7, 11) is 0. The average Bonchev–Trinajstić information content (AvgIpc) is 3.27. The Kier molecular flexibility index (Phi) is 7.65. The first-order valence-electron chi connectivity index (χ1n) is 13.9. The van der Waals surface area contributed by atoms with Gasteiger partial charge in [0.15, 0.2) is 0 Å². The molecule has 2 aromatic carbocycles. The number of fused-ring (bicyclic) bond motifs is 1. The fourth-order valence-corrected chi connectivity index (χ4v) is 7.03. The molecule has 2 fully saturated rings. The Labute approximate surface area is 247 Å². The molecule has 4 heterocycles. The minimum atomic E-state index is -2.93. The topological polar surface area (TPSA) is 73.0 Å². The number of hydrogen-bond donors (Lipinski definition) is 1. The molecule has 4 aliphatic heterocycles. The number of alkyl halides is 2. The Balaban J connectivity index is 1.12. The lowest BCUT2D eigenvalue weighted by atomic mass is 9.93. The lowest BCUT2D eigenvalue weighted by molar-refractivity contribution is -0.137. The highest BCUT2D eigenvalue weighted by molar-refractivity contribution is 6.43. The van der Waals surface area contributed by atoms with Gasteiger partial charge in [-0.05, 0) is 47.6 Å². The van der Waals surface area contributed by atoms with Crippen molar-refractivity contribution in [3.8, 4) is 0 Å². The number of carbonyl (C=O) groups is 3. The Morgan fingerprint density at radius 3 is 2.54 bits per heavy atom. The van der Waals surface area contributed by atoms with Gasteiger partial charge in [0.25, 0.3) is 11.8 Å².